The van der Waals surface area contributed by atoms with E-state index in [2.05, 4.69) is 40.9 Å². The zero-order valence-corrected chi connectivity index (χ0v) is 43.2. The van der Waals surface area contributed by atoms with Crippen LogP contribution in [0.25, 0.3) is 0 Å². The summed E-state index contributed by atoms with van der Waals surface area (Å²) in [5.41, 5.74) is 3.40. The van der Waals surface area contributed by atoms with Crippen molar-refractivity contribution >= 4 is 72.9 Å². The lowest BCUT2D eigenvalue weighted by Gasteiger charge is -2.01. The predicted molar refractivity (Wildman–Crippen MR) is 283 cm³/mol. The first-order valence-electron chi connectivity index (χ1n) is 24.6. The van der Waals surface area contributed by atoms with Crippen molar-refractivity contribution in [3.05, 3.63) is 70.8 Å². The largest absolute Gasteiger partial charge is 0.396 e. The van der Waals surface area contributed by atoms with Crippen LogP contribution in [0, 0.1) is 0 Å². The Bertz CT molecular complexity index is 1850. The van der Waals surface area contributed by atoms with E-state index in [1.807, 2.05) is 36.4 Å². The molecule has 21 nitrogen and oxygen atoms in total. The molecule has 2 aromatic rings. The van der Waals surface area contributed by atoms with Gasteiger partial charge >= 0.3 is 0 Å². The van der Waals surface area contributed by atoms with Gasteiger partial charge in [-0.1, -0.05) is 91.0 Å². The van der Waals surface area contributed by atoms with Crippen molar-refractivity contribution in [2.24, 2.45) is 42.0 Å². The zero-order valence-electron chi connectivity index (χ0n) is 43.2. The first-order valence-corrected chi connectivity index (χ1v) is 24.6. The second-order valence-electron chi connectivity index (χ2n) is 15.9. The summed E-state index contributed by atoms with van der Waals surface area (Å²) in [5.74, 6) is 4.38. The van der Waals surface area contributed by atoms with Gasteiger partial charge in [0, 0.05) is 33.3 Å². The summed E-state index contributed by atoms with van der Waals surface area (Å²) < 4.78 is 0. The zero-order chi connectivity index (χ0) is 53.5. The molecule has 0 heterocycles. The molecule has 0 bridgehead atoms. The van der Waals surface area contributed by atoms with Crippen LogP contribution in [0.15, 0.2) is 84.6 Å². The summed E-state index contributed by atoms with van der Waals surface area (Å²) >= 11 is 0. The van der Waals surface area contributed by atoms with Crippen LogP contribution in [0.4, 0.5) is 0 Å². The Morgan fingerprint density at radius 3 is 0.753 bits per heavy atom. The summed E-state index contributed by atoms with van der Waals surface area (Å²) in [6.45, 7) is 10.1. The quantitative estimate of drug-likeness (QED) is 0.0282. The number of aldehydes is 1. The van der Waals surface area contributed by atoms with Crippen LogP contribution < -0.4 is 5.90 Å². The maximum absolute atomic E-state index is 10.7. The van der Waals surface area contributed by atoms with Gasteiger partial charge in [0.25, 0.3) is 0 Å². The minimum absolute atomic E-state index is 0.106. The number of oxime groups is 7. The third kappa shape index (κ3) is 51.2. The number of carbonyl (C=O) groups is 5. The Morgan fingerprint density at radius 2 is 0.548 bits per heavy atom. The molecule has 21 heteroatoms. The second kappa shape index (κ2) is 51.4. The minimum Gasteiger partial charge on any atom is -0.396 e. The number of hydrogen-bond donors (Lipinski definition) is 1. The number of nitrogens with two attached hydrogens (primary N) is 1. The van der Waals surface area contributed by atoms with E-state index in [0.29, 0.717) is 58.4 Å². The smallest absolute Gasteiger partial charge is 0.174 e. The molecule has 0 spiro atoms. The van der Waals surface area contributed by atoms with Gasteiger partial charge in [-0.05, 0) is 113 Å². The first-order chi connectivity index (χ1) is 35.6. The Morgan fingerprint density at radius 1 is 0.342 bits per heavy atom. The number of ketones is 4. The number of nitrogens with zero attached hydrogens (tertiary/aromatic N) is 7. The summed E-state index contributed by atoms with van der Waals surface area (Å²) in [5, 5.41) is 26.0. The molecule has 2 rings (SSSR count). The third-order valence-electron chi connectivity index (χ3n) is 8.99. The standard InChI is InChI=1S/C26H38N4O6.C17H22N2O4.C9H18N2O3/c1-23(31)19-27-33-15-7-3-5-9-17-35-29-21-25-11-13-26(14-12-25)22-30-36-18-10-6-4-8-16-34-28-20-24(2)32;1-15(21)12-18-22-10-4-2-3-5-11-23-19-13-16-6-8-17(14-20)9-7-16;1-9(12)8-11-14-7-5-3-2-4-6-13-10/h11-14,19-22H,3-10,15-18H2,1-2H3;6-9,12-14H,2-5,10-11H2,1H3;8H,2-7,10H2,1H3/b27-19+,28-20+,29-21+,30-22+;18-12+,19-13+;11-8+. The van der Waals surface area contributed by atoms with Gasteiger partial charge in [-0.15, -0.1) is 0 Å². The molecule has 0 fully saturated rings. The molecule has 404 valence electrons. The summed E-state index contributed by atoms with van der Waals surface area (Å²) in [7, 11) is 0. The van der Waals surface area contributed by atoms with Crippen molar-refractivity contribution in [3.63, 3.8) is 0 Å². The lowest BCUT2D eigenvalue weighted by Crippen LogP contribution is -2.00. The van der Waals surface area contributed by atoms with Gasteiger partial charge < -0.3 is 38.7 Å². The Labute approximate surface area is 430 Å². The van der Waals surface area contributed by atoms with Crippen LogP contribution in [0.5, 0.6) is 0 Å². The van der Waals surface area contributed by atoms with Crippen molar-refractivity contribution in [2.75, 3.05) is 52.9 Å². The Kier molecular flexibility index (Phi) is 46.4. The number of rotatable bonds is 43. The van der Waals surface area contributed by atoms with Gasteiger partial charge in [0.05, 0.1) is 25.3 Å². The average molecular weight is 1020 g/mol. The van der Waals surface area contributed by atoms with Gasteiger partial charge in [-0.2, -0.15) is 0 Å². The number of unbranched alkanes of at least 4 members (excludes halogenated alkanes) is 12. The highest BCUT2D eigenvalue weighted by Gasteiger charge is 1.97. The molecule has 0 saturated heterocycles. The van der Waals surface area contributed by atoms with Gasteiger partial charge in [-0.3, -0.25) is 24.0 Å². The molecule has 2 aromatic carbocycles. The fourth-order valence-electron chi connectivity index (χ4n) is 5.20. The highest BCUT2D eigenvalue weighted by molar-refractivity contribution is 6.27. The van der Waals surface area contributed by atoms with E-state index in [1.54, 1.807) is 30.8 Å². The summed E-state index contributed by atoms with van der Waals surface area (Å²) in [4.78, 5) is 92.7. The van der Waals surface area contributed by atoms with E-state index in [-0.39, 0.29) is 23.1 Å². The molecule has 2 N–H and O–H groups in total. The summed E-state index contributed by atoms with van der Waals surface area (Å²) in [6.07, 6.45) is 25.9. The Hall–Kier alpha value is -7.00. The predicted octanol–water partition coefficient (Wildman–Crippen LogP) is 8.72. The highest BCUT2D eigenvalue weighted by atomic mass is 16.6. The topological polar surface area (TPSA) is 272 Å². The molecule has 0 saturated carbocycles. The normalized spacial score (nSPS) is 11.2. The van der Waals surface area contributed by atoms with E-state index in [0.717, 1.165) is 126 Å². The number of Topliss-reactive ketones (excluding diaryl/α,β-unsaturated/α-hetero) is 4. The number of benzene rings is 2. The van der Waals surface area contributed by atoms with Crippen LogP contribution in [0.1, 0.15) is 157 Å². The molecule has 0 aliphatic carbocycles. The maximum Gasteiger partial charge on any atom is 0.174 e. The molecule has 0 amide bonds. The highest BCUT2D eigenvalue weighted by Crippen LogP contribution is 2.06. The van der Waals surface area contributed by atoms with E-state index in [9.17, 15) is 24.0 Å². The molecular weight excluding hydrogens is 945 g/mol. The van der Waals surface area contributed by atoms with Crippen LogP contribution in [0.3, 0.4) is 0 Å². The molecule has 0 aliphatic heterocycles. The van der Waals surface area contributed by atoms with Crippen LogP contribution in [-0.2, 0) is 57.9 Å². The lowest BCUT2D eigenvalue weighted by molar-refractivity contribution is -0.111. The van der Waals surface area contributed by atoms with Gasteiger partial charge in [0.2, 0.25) is 0 Å². The minimum atomic E-state index is -0.125. The van der Waals surface area contributed by atoms with Crippen molar-refractivity contribution in [3.8, 4) is 0 Å². The van der Waals surface area contributed by atoms with Gasteiger partial charge in [0.15, 0.2) is 23.1 Å². The van der Waals surface area contributed by atoms with Crippen LogP contribution >= 0.6 is 0 Å². The molecule has 0 unspecified atom stereocenters. The van der Waals surface area contributed by atoms with Gasteiger partial charge in [-0.25, -0.2) is 5.90 Å². The van der Waals surface area contributed by atoms with Gasteiger partial charge in [0.1, 0.15) is 77.4 Å². The number of carbonyl (C=O) groups excluding carboxylic acids is 5. The van der Waals surface area contributed by atoms with E-state index in [4.69, 9.17) is 39.8 Å². The van der Waals surface area contributed by atoms with E-state index < -0.39 is 0 Å². The first kappa shape index (κ1) is 66.0. The monoisotopic (exact) mass is 1020 g/mol. The van der Waals surface area contributed by atoms with Crippen molar-refractivity contribution in [1.82, 2.24) is 0 Å². The fourth-order valence-corrected chi connectivity index (χ4v) is 5.20. The molecule has 0 radical (unpaired) electrons. The van der Waals surface area contributed by atoms with E-state index >= 15 is 0 Å². The average Bonchev–Trinajstić information content (AvgIpc) is 3.37. The lowest BCUT2D eigenvalue weighted by atomic mass is 10.2. The number of hydrogen-bond acceptors (Lipinski definition) is 21. The van der Waals surface area contributed by atoms with Crippen molar-refractivity contribution in [1.29, 1.82) is 0 Å². The molecular formula is C52H78N8O13. The van der Waals surface area contributed by atoms with E-state index in [1.165, 1.54) is 52.6 Å². The fraction of sp³-hybridized carbons (Fsp3) is 0.538. The maximum atomic E-state index is 10.7. The van der Waals surface area contributed by atoms with Crippen molar-refractivity contribution in [2.45, 2.75) is 130 Å². The molecule has 0 aliphatic rings. The second-order valence-corrected chi connectivity index (χ2v) is 15.9. The van der Waals surface area contributed by atoms with Crippen molar-refractivity contribution < 1.29 is 62.7 Å². The molecule has 0 atom stereocenters. The van der Waals surface area contributed by atoms with Crippen LogP contribution in [-0.4, -0.2) is 126 Å². The molecule has 73 heavy (non-hydrogen) atoms. The summed E-state index contributed by atoms with van der Waals surface area (Å²) in [6, 6.07) is 14.8. The Balaban J connectivity index is 0.00000119. The SMILES string of the molecule is CC(=O)/C=N/OCCCCCCO/N=C/c1ccc(/C=N/OCCCCCCO/N=C/C(C)=O)cc1.CC(=O)/C=N/OCCCCCCO/N=C/c1ccc(C=O)cc1.CC(=O)/C=N/OCCCCCCON. The third-order valence-corrected chi connectivity index (χ3v) is 8.99. The molecule has 0 aromatic heterocycles. The van der Waals surface area contributed by atoms with Crippen LogP contribution in [0.2, 0.25) is 0 Å².